The SMILES string of the molecule is Cc1ccccc1Nc1nc(N)nc(CSCC(=O)N[C@H]2CCC[C@@H](C)[C@@H]2C)n1. The summed E-state index contributed by atoms with van der Waals surface area (Å²) in [5, 5.41) is 6.38. The van der Waals surface area contributed by atoms with Crippen molar-refractivity contribution in [2.75, 3.05) is 16.8 Å². The molecule has 2 aromatic rings. The number of nitrogens with one attached hydrogen (secondary N) is 2. The summed E-state index contributed by atoms with van der Waals surface area (Å²) in [7, 11) is 0. The Morgan fingerprint density at radius 2 is 2.00 bits per heavy atom. The number of nitrogens with zero attached hydrogens (tertiary/aromatic N) is 3. The van der Waals surface area contributed by atoms with Crippen molar-refractivity contribution in [3.05, 3.63) is 35.7 Å². The molecule has 4 N–H and O–H groups in total. The molecule has 156 valence electrons. The third kappa shape index (κ3) is 6.06. The lowest BCUT2D eigenvalue weighted by Crippen LogP contribution is -2.44. The zero-order valence-corrected chi connectivity index (χ0v) is 18.1. The highest BCUT2D eigenvalue weighted by Crippen LogP contribution is 2.29. The maximum Gasteiger partial charge on any atom is 0.232 e. The Balaban J connectivity index is 1.52. The Kier molecular flexibility index (Phi) is 7.30. The highest BCUT2D eigenvalue weighted by atomic mass is 32.2. The van der Waals surface area contributed by atoms with E-state index in [-0.39, 0.29) is 17.9 Å². The molecule has 3 rings (SSSR count). The highest BCUT2D eigenvalue weighted by molar-refractivity contribution is 7.99. The minimum atomic E-state index is 0.0706. The largest absolute Gasteiger partial charge is 0.368 e. The van der Waals surface area contributed by atoms with E-state index in [1.807, 2.05) is 31.2 Å². The molecule has 1 heterocycles. The quantitative estimate of drug-likeness (QED) is 0.634. The van der Waals surface area contributed by atoms with E-state index in [1.165, 1.54) is 24.6 Å². The number of aromatic nitrogens is 3. The number of hydrogen-bond donors (Lipinski definition) is 3. The number of nitrogens with two attached hydrogens (primary N) is 1. The predicted molar refractivity (Wildman–Crippen MR) is 119 cm³/mol. The molecule has 1 fully saturated rings. The Morgan fingerprint density at radius 3 is 2.79 bits per heavy atom. The summed E-state index contributed by atoms with van der Waals surface area (Å²) in [4.78, 5) is 25.1. The molecule has 1 aliphatic rings. The van der Waals surface area contributed by atoms with Gasteiger partial charge in [0.25, 0.3) is 0 Å². The van der Waals surface area contributed by atoms with Crippen LogP contribution in [0.1, 0.15) is 44.5 Å². The summed E-state index contributed by atoms with van der Waals surface area (Å²) >= 11 is 1.48. The molecule has 8 heteroatoms. The van der Waals surface area contributed by atoms with Crippen molar-refractivity contribution in [2.45, 2.75) is 51.8 Å². The highest BCUT2D eigenvalue weighted by Gasteiger charge is 2.27. The average Bonchev–Trinajstić information content (AvgIpc) is 2.67. The van der Waals surface area contributed by atoms with Crippen LogP contribution >= 0.6 is 11.8 Å². The van der Waals surface area contributed by atoms with Gasteiger partial charge in [0.1, 0.15) is 5.82 Å². The molecule has 0 radical (unpaired) electrons. The zero-order valence-electron chi connectivity index (χ0n) is 17.3. The number of para-hydroxylation sites is 1. The van der Waals surface area contributed by atoms with Crippen LogP contribution in [-0.4, -0.2) is 32.7 Å². The molecule has 0 unspecified atom stereocenters. The van der Waals surface area contributed by atoms with E-state index in [9.17, 15) is 4.79 Å². The second-order valence-electron chi connectivity index (χ2n) is 7.81. The van der Waals surface area contributed by atoms with Crippen LogP contribution in [0.5, 0.6) is 0 Å². The summed E-state index contributed by atoms with van der Waals surface area (Å²) in [5.74, 6) is 3.28. The van der Waals surface area contributed by atoms with Crippen LogP contribution in [0.3, 0.4) is 0 Å². The maximum absolute atomic E-state index is 12.3. The summed E-state index contributed by atoms with van der Waals surface area (Å²) in [6.07, 6.45) is 3.51. The van der Waals surface area contributed by atoms with Gasteiger partial charge in [-0.2, -0.15) is 15.0 Å². The van der Waals surface area contributed by atoms with Gasteiger partial charge in [-0.3, -0.25) is 4.79 Å². The third-order valence-electron chi connectivity index (χ3n) is 5.61. The third-order valence-corrected chi connectivity index (χ3v) is 6.54. The number of hydrogen-bond acceptors (Lipinski definition) is 7. The minimum Gasteiger partial charge on any atom is -0.368 e. The minimum absolute atomic E-state index is 0.0706. The predicted octanol–water partition coefficient (Wildman–Crippen LogP) is 3.68. The van der Waals surface area contributed by atoms with Crippen LogP contribution in [0.25, 0.3) is 0 Å². The first-order chi connectivity index (χ1) is 13.9. The molecule has 1 aromatic carbocycles. The number of thioether (sulfide) groups is 1. The van der Waals surface area contributed by atoms with Crippen LogP contribution in [0.2, 0.25) is 0 Å². The fourth-order valence-corrected chi connectivity index (χ4v) is 4.34. The fourth-order valence-electron chi connectivity index (χ4n) is 3.66. The monoisotopic (exact) mass is 414 g/mol. The summed E-state index contributed by atoms with van der Waals surface area (Å²) < 4.78 is 0. The smallest absolute Gasteiger partial charge is 0.232 e. The van der Waals surface area contributed by atoms with Crippen molar-refractivity contribution < 1.29 is 4.79 Å². The molecule has 0 saturated heterocycles. The molecule has 0 spiro atoms. The molecule has 0 aliphatic heterocycles. The van der Waals surface area contributed by atoms with E-state index in [4.69, 9.17) is 5.73 Å². The van der Waals surface area contributed by atoms with Crippen molar-refractivity contribution in [1.29, 1.82) is 0 Å². The lowest BCUT2D eigenvalue weighted by molar-refractivity contribution is -0.119. The summed E-state index contributed by atoms with van der Waals surface area (Å²) in [6, 6.07) is 8.18. The number of amides is 1. The number of carbonyl (C=O) groups excluding carboxylic acids is 1. The van der Waals surface area contributed by atoms with Crippen molar-refractivity contribution in [2.24, 2.45) is 11.8 Å². The second-order valence-corrected chi connectivity index (χ2v) is 8.79. The van der Waals surface area contributed by atoms with Crippen LogP contribution in [0, 0.1) is 18.8 Å². The molecule has 1 saturated carbocycles. The van der Waals surface area contributed by atoms with Gasteiger partial charge in [0.15, 0.2) is 0 Å². The van der Waals surface area contributed by atoms with Gasteiger partial charge in [-0.25, -0.2) is 0 Å². The van der Waals surface area contributed by atoms with E-state index in [2.05, 4.69) is 39.4 Å². The van der Waals surface area contributed by atoms with Gasteiger partial charge in [-0.1, -0.05) is 44.9 Å². The Labute approximate surface area is 176 Å². The number of benzene rings is 1. The first-order valence-electron chi connectivity index (χ1n) is 10.1. The molecule has 1 amide bonds. The zero-order chi connectivity index (χ0) is 20.8. The van der Waals surface area contributed by atoms with E-state index in [1.54, 1.807) is 0 Å². The average molecular weight is 415 g/mol. The van der Waals surface area contributed by atoms with E-state index in [0.29, 0.717) is 35.1 Å². The van der Waals surface area contributed by atoms with Gasteiger partial charge in [0.2, 0.25) is 17.8 Å². The molecule has 3 atom stereocenters. The van der Waals surface area contributed by atoms with E-state index >= 15 is 0 Å². The molecule has 1 aliphatic carbocycles. The Morgan fingerprint density at radius 1 is 1.21 bits per heavy atom. The molecule has 1 aromatic heterocycles. The van der Waals surface area contributed by atoms with Gasteiger partial charge in [-0.15, -0.1) is 11.8 Å². The van der Waals surface area contributed by atoms with E-state index < -0.39 is 0 Å². The number of anilines is 3. The van der Waals surface area contributed by atoms with Crippen molar-refractivity contribution >= 4 is 35.3 Å². The number of rotatable bonds is 7. The van der Waals surface area contributed by atoms with Gasteiger partial charge >= 0.3 is 0 Å². The normalized spacial score (nSPS) is 21.6. The summed E-state index contributed by atoms with van der Waals surface area (Å²) in [5.41, 5.74) is 7.86. The molecular formula is C21H30N6OS. The van der Waals surface area contributed by atoms with Gasteiger partial charge in [-0.05, 0) is 36.8 Å². The fraction of sp³-hybridized carbons (Fsp3) is 0.524. The number of nitrogen functional groups attached to an aromatic ring is 1. The Bertz CT molecular complexity index is 846. The van der Waals surface area contributed by atoms with Crippen molar-refractivity contribution in [3.8, 4) is 0 Å². The lowest BCUT2D eigenvalue weighted by Gasteiger charge is -2.34. The molecule has 29 heavy (non-hydrogen) atoms. The number of aryl methyl sites for hydroxylation is 1. The van der Waals surface area contributed by atoms with Gasteiger partial charge in [0.05, 0.1) is 11.5 Å². The Hall–Kier alpha value is -2.35. The first-order valence-corrected chi connectivity index (χ1v) is 11.3. The van der Waals surface area contributed by atoms with Crippen molar-refractivity contribution in [3.63, 3.8) is 0 Å². The number of carbonyl (C=O) groups is 1. The van der Waals surface area contributed by atoms with Crippen LogP contribution in [-0.2, 0) is 10.5 Å². The second kappa shape index (κ2) is 9.91. The van der Waals surface area contributed by atoms with Gasteiger partial charge < -0.3 is 16.4 Å². The van der Waals surface area contributed by atoms with Crippen molar-refractivity contribution in [1.82, 2.24) is 20.3 Å². The molecule has 0 bridgehead atoms. The molecule has 7 nitrogen and oxygen atoms in total. The van der Waals surface area contributed by atoms with Gasteiger partial charge in [0, 0.05) is 11.7 Å². The lowest BCUT2D eigenvalue weighted by atomic mass is 9.78. The standard InChI is InChI=1S/C21H30N6OS/c1-13-8-6-10-17(15(13)3)23-19(28)12-29-11-18-25-20(22)27-21(26-18)24-16-9-5-4-7-14(16)2/h4-5,7,9,13,15,17H,6,8,10-12H2,1-3H3,(H,23,28)(H3,22,24,25,26,27)/t13-,15+,17+/m1/s1. The molecular weight excluding hydrogens is 384 g/mol. The van der Waals surface area contributed by atoms with Crippen LogP contribution in [0.15, 0.2) is 24.3 Å². The summed E-state index contributed by atoms with van der Waals surface area (Å²) in [6.45, 7) is 6.51. The van der Waals surface area contributed by atoms with Crippen LogP contribution in [0.4, 0.5) is 17.6 Å². The topological polar surface area (TPSA) is 106 Å². The first kappa shape index (κ1) is 21.4. The maximum atomic E-state index is 12.3. The van der Waals surface area contributed by atoms with E-state index in [0.717, 1.165) is 17.7 Å². The van der Waals surface area contributed by atoms with Crippen LogP contribution < -0.4 is 16.4 Å².